The summed E-state index contributed by atoms with van der Waals surface area (Å²) in [5, 5.41) is 2.03. The summed E-state index contributed by atoms with van der Waals surface area (Å²) in [5.74, 6) is 6.07. The third-order valence-corrected chi connectivity index (χ3v) is 3.95. The summed E-state index contributed by atoms with van der Waals surface area (Å²) < 4.78 is 6.08. The summed E-state index contributed by atoms with van der Waals surface area (Å²) in [4.78, 5) is 15.4. The van der Waals surface area contributed by atoms with E-state index in [9.17, 15) is 0 Å². The Morgan fingerprint density at radius 1 is 1.47 bits per heavy atom. The number of nitrogens with two attached hydrogens (primary N) is 1. The van der Waals surface area contributed by atoms with E-state index in [-0.39, 0.29) is 12.0 Å². The lowest BCUT2D eigenvalue weighted by atomic mass is 10.4. The molecule has 2 heterocycles. The van der Waals surface area contributed by atoms with Gasteiger partial charge < -0.3 is 9.64 Å². The van der Waals surface area contributed by atoms with Crippen molar-refractivity contribution in [2.75, 3.05) is 24.5 Å². The average molecular weight is 345 g/mol. The molecule has 9 heteroatoms. The van der Waals surface area contributed by atoms with Crippen molar-refractivity contribution >= 4 is 39.2 Å². The smallest absolute Gasteiger partial charge is 0.322 e. The Balaban J connectivity index is 2.20. The Kier molecular flexibility index (Phi) is 4.51. The van der Waals surface area contributed by atoms with Crippen LogP contribution in [0.25, 0.3) is 0 Å². The van der Waals surface area contributed by atoms with Crippen molar-refractivity contribution in [3.05, 3.63) is 20.8 Å². The van der Waals surface area contributed by atoms with Crippen LogP contribution in [0.15, 0.2) is 15.9 Å². The van der Waals surface area contributed by atoms with Crippen molar-refractivity contribution < 1.29 is 4.74 Å². The molecule has 102 valence electrons. The lowest BCUT2D eigenvalue weighted by Crippen LogP contribution is -2.21. The van der Waals surface area contributed by atoms with Crippen molar-refractivity contribution in [3.8, 4) is 6.01 Å². The van der Waals surface area contributed by atoms with E-state index in [1.165, 1.54) is 12.0 Å². The first-order valence-corrected chi connectivity index (χ1v) is 7.00. The van der Waals surface area contributed by atoms with Crippen LogP contribution in [0.4, 0.5) is 11.9 Å². The van der Waals surface area contributed by atoms with Crippen molar-refractivity contribution in [2.45, 2.75) is 6.54 Å². The lowest BCUT2D eigenvalue weighted by molar-refractivity contribution is 0.379. The van der Waals surface area contributed by atoms with Crippen LogP contribution in [0, 0.1) is 0 Å². The van der Waals surface area contributed by atoms with E-state index >= 15 is 0 Å². The molecule has 0 aliphatic rings. The Morgan fingerprint density at radius 2 is 2.26 bits per heavy atom. The molecule has 0 spiro atoms. The molecule has 0 aromatic carbocycles. The molecule has 3 N–H and O–H groups in total. The van der Waals surface area contributed by atoms with Gasteiger partial charge in [0.05, 0.1) is 13.7 Å². The van der Waals surface area contributed by atoms with Gasteiger partial charge in [0.2, 0.25) is 11.9 Å². The average Bonchev–Trinajstić information content (AvgIpc) is 2.83. The van der Waals surface area contributed by atoms with E-state index in [2.05, 4.69) is 42.4 Å². The van der Waals surface area contributed by atoms with Crippen molar-refractivity contribution in [1.82, 2.24) is 15.0 Å². The fourth-order valence-electron chi connectivity index (χ4n) is 1.41. The summed E-state index contributed by atoms with van der Waals surface area (Å²) in [6, 6.07) is 2.28. The van der Waals surface area contributed by atoms with Crippen LogP contribution in [0.1, 0.15) is 4.88 Å². The third-order valence-electron chi connectivity index (χ3n) is 2.27. The normalized spacial score (nSPS) is 10.3. The second-order valence-electron chi connectivity index (χ2n) is 3.68. The van der Waals surface area contributed by atoms with Crippen LogP contribution < -0.4 is 20.9 Å². The zero-order valence-electron chi connectivity index (χ0n) is 10.4. The number of rotatable bonds is 5. The highest BCUT2D eigenvalue weighted by Gasteiger charge is 2.11. The minimum absolute atomic E-state index is 0.220. The molecule has 2 aromatic rings. The van der Waals surface area contributed by atoms with E-state index in [1.807, 2.05) is 17.3 Å². The molecule has 0 aliphatic heterocycles. The fraction of sp³-hybridized carbons (Fsp3) is 0.300. The van der Waals surface area contributed by atoms with E-state index in [1.54, 1.807) is 11.3 Å². The maximum absolute atomic E-state index is 5.32. The van der Waals surface area contributed by atoms with Gasteiger partial charge in [-0.15, -0.1) is 11.3 Å². The van der Waals surface area contributed by atoms with Gasteiger partial charge in [0.25, 0.3) is 0 Å². The Morgan fingerprint density at radius 3 is 2.84 bits per heavy atom. The zero-order valence-corrected chi connectivity index (χ0v) is 12.8. The number of ether oxygens (including phenoxy) is 1. The number of methoxy groups -OCH3 is 1. The largest absolute Gasteiger partial charge is 0.467 e. The molecule has 0 saturated heterocycles. The number of nitrogens with zero attached hydrogens (tertiary/aromatic N) is 4. The van der Waals surface area contributed by atoms with Crippen LogP contribution >= 0.6 is 27.3 Å². The maximum atomic E-state index is 5.32. The number of hydrazine groups is 1. The molecule has 0 aliphatic carbocycles. The lowest BCUT2D eigenvalue weighted by Gasteiger charge is -2.16. The summed E-state index contributed by atoms with van der Waals surface area (Å²) in [6.45, 7) is 0.688. The van der Waals surface area contributed by atoms with Crippen molar-refractivity contribution in [3.63, 3.8) is 0 Å². The van der Waals surface area contributed by atoms with E-state index in [0.717, 1.165) is 4.47 Å². The molecular weight excluding hydrogens is 332 g/mol. The number of hydrogen-bond acceptors (Lipinski definition) is 8. The second-order valence-corrected chi connectivity index (χ2v) is 5.59. The highest BCUT2D eigenvalue weighted by molar-refractivity contribution is 9.10. The second kappa shape index (κ2) is 6.13. The SMILES string of the molecule is COc1nc(NN)nc(N(C)Cc2cc(Br)cs2)n1. The molecule has 0 atom stereocenters. The molecule has 0 saturated carbocycles. The first kappa shape index (κ1) is 14.0. The van der Waals surface area contributed by atoms with Gasteiger partial charge in [-0.1, -0.05) is 0 Å². The fourth-order valence-corrected chi connectivity index (χ4v) is 2.92. The molecule has 7 nitrogen and oxygen atoms in total. The third kappa shape index (κ3) is 3.52. The number of nitrogens with one attached hydrogen (secondary N) is 1. The van der Waals surface area contributed by atoms with Gasteiger partial charge in [0.15, 0.2) is 0 Å². The van der Waals surface area contributed by atoms with Gasteiger partial charge in [0.1, 0.15) is 0 Å². The van der Waals surface area contributed by atoms with Gasteiger partial charge in [-0.3, -0.25) is 5.43 Å². The van der Waals surface area contributed by atoms with Gasteiger partial charge >= 0.3 is 6.01 Å². The number of hydrogen-bond donors (Lipinski definition) is 2. The van der Waals surface area contributed by atoms with E-state index < -0.39 is 0 Å². The number of aromatic nitrogens is 3. The highest BCUT2D eigenvalue weighted by Crippen LogP contribution is 2.22. The monoisotopic (exact) mass is 344 g/mol. The molecular formula is C10H13BrN6OS. The van der Waals surface area contributed by atoms with E-state index in [0.29, 0.717) is 12.5 Å². The van der Waals surface area contributed by atoms with Crippen LogP contribution in [-0.2, 0) is 6.54 Å². The molecule has 0 radical (unpaired) electrons. The zero-order chi connectivity index (χ0) is 13.8. The number of thiophene rings is 1. The van der Waals surface area contributed by atoms with Crippen molar-refractivity contribution in [1.29, 1.82) is 0 Å². The Bertz CT molecular complexity index is 540. The first-order valence-electron chi connectivity index (χ1n) is 5.33. The summed E-state index contributed by atoms with van der Waals surface area (Å²) in [5.41, 5.74) is 2.39. The highest BCUT2D eigenvalue weighted by atomic mass is 79.9. The van der Waals surface area contributed by atoms with Gasteiger partial charge in [-0.05, 0) is 22.0 Å². The van der Waals surface area contributed by atoms with Crippen LogP contribution in [-0.4, -0.2) is 29.1 Å². The Labute approximate surface area is 122 Å². The number of anilines is 2. The predicted molar refractivity (Wildman–Crippen MR) is 78.3 cm³/mol. The molecule has 0 amide bonds. The molecule has 0 fully saturated rings. The molecule has 0 unspecified atom stereocenters. The quantitative estimate of drug-likeness (QED) is 0.629. The van der Waals surface area contributed by atoms with Crippen LogP contribution in [0.3, 0.4) is 0 Å². The summed E-state index contributed by atoms with van der Waals surface area (Å²) >= 11 is 5.09. The number of nitrogen functional groups attached to an aromatic ring is 1. The summed E-state index contributed by atoms with van der Waals surface area (Å²) in [6.07, 6.45) is 0. The van der Waals surface area contributed by atoms with Gasteiger partial charge in [-0.25, -0.2) is 5.84 Å². The van der Waals surface area contributed by atoms with Crippen LogP contribution in [0.5, 0.6) is 6.01 Å². The summed E-state index contributed by atoms with van der Waals surface area (Å²) in [7, 11) is 3.39. The minimum atomic E-state index is 0.220. The standard InChI is InChI=1S/C10H13BrN6OS/c1-17(4-7-3-6(11)5-19-7)9-13-8(16-12)14-10(15-9)18-2/h3,5H,4,12H2,1-2H3,(H,13,14,15,16). The molecule has 0 bridgehead atoms. The van der Waals surface area contributed by atoms with Gasteiger partial charge in [0, 0.05) is 21.8 Å². The molecule has 2 rings (SSSR count). The molecule has 19 heavy (non-hydrogen) atoms. The van der Waals surface area contributed by atoms with E-state index in [4.69, 9.17) is 10.6 Å². The van der Waals surface area contributed by atoms with Gasteiger partial charge in [-0.2, -0.15) is 15.0 Å². The topological polar surface area (TPSA) is 89.2 Å². The molecule has 2 aromatic heterocycles. The first-order chi connectivity index (χ1) is 9.12. The van der Waals surface area contributed by atoms with Crippen LogP contribution in [0.2, 0.25) is 0 Å². The number of halogens is 1. The predicted octanol–water partition coefficient (Wildman–Crippen LogP) is 1.63. The minimum Gasteiger partial charge on any atom is -0.467 e. The maximum Gasteiger partial charge on any atom is 0.322 e. The van der Waals surface area contributed by atoms with Crippen molar-refractivity contribution in [2.24, 2.45) is 5.84 Å². The Hall–Kier alpha value is -1.45.